The predicted molar refractivity (Wildman–Crippen MR) is 76.4 cm³/mol. The SMILES string of the molecule is CNC(c1ccc2c(c1)C(=O)N(C)C(=O)C2)C1CCC1. The standard InChI is InChI=1S/C16H20N2O2/c1-17-15(10-4-3-5-10)12-7-6-11-9-14(19)18(2)16(20)13(11)8-12/h6-8,10,15,17H,3-5,9H2,1-2H3. The number of imide groups is 1. The molecule has 2 aliphatic rings. The second-order valence-electron chi connectivity index (χ2n) is 5.81. The molecule has 1 N–H and O–H groups in total. The maximum atomic E-state index is 12.2. The third kappa shape index (κ3) is 2.04. The van der Waals surface area contributed by atoms with Crippen LogP contribution in [0.4, 0.5) is 0 Å². The van der Waals surface area contributed by atoms with E-state index in [1.807, 2.05) is 19.2 Å². The third-order valence-electron chi connectivity index (χ3n) is 4.68. The summed E-state index contributed by atoms with van der Waals surface area (Å²) in [6.07, 6.45) is 4.11. The van der Waals surface area contributed by atoms with Crippen molar-refractivity contribution < 1.29 is 9.59 Å². The first kappa shape index (κ1) is 13.3. The van der Waals surface area contributed by atoms with Gasteiger partial charge in [-0.1, -0.05) is 18.6 Å². The van der Waals surface area contributed by atoms with E-state index in [-0.39, 0.29) is 11.8 Å². The number of nitrogens with zero attached hydrogens (tertiary/aromatic N) is 1. The van der Waals surface area contributed by atoms with Gasteiger partial charge in [-0.2, -0.15) is 0 Å². The molecule has 1 unspecified atom stereocenters. The summed E-state index contributed by atoms with van der Waals surface area (Å²) < 4.78 is 0. The average molecular weight is 272 g/mol. The molecule has 2 amide bonds. The van der Waals surface area contributed by atoms with Crippen molar-refractivity contribution in [3.8, 4) is 0 Å². The molecule has 3 rings (SSSR count). The van der Waals surface area contributed by atoms with Gasteiger partial charge in [0.2, 0.25) is 5.91 Å². The maximum absolute atomic E-state index is 12.2. The van der Waals surface area contributed by atoms with Crippen LogP contribution in [0.15, 0.2) is 18.2 Å². The smallest absolute Gasteiger partial charge is 0.260 e. The largest absolute Gasteiger partial charge is 0.313 e. The number of nitrogens with one attached hydrogen (secondary N) is 1. The van der Waals surface area contributed by atoms with E-state index < -0.39 is 0 Å². The molecule has 4 heteroatoms. The first-order chi connectivity index (χ1) is 9.61. The number of hydrogen-bond acceptors (Lipinski definition) is 3. The zero-order valence-electron chi connectivity index (χ0n) is 12.0. The van der Waals surface area contributed by atoms with Crippen LogP contribution in [0.25, 0.3) is 0 Å². The minimum atomic E-state index is -0.179. The van der Waals surface area contributed by atoms with E-state index in [0.29, 0.717) is 23.9 Å². The van der Waals surface area contributed by atoms with Crippen molar-refractivity contribution in [1.29, 1.82) is 0 Å². The second kappa shape index (κ2) is 5.02. The van der Waals surface area contributed by atoms with Crippen LogP contribution < -0.4 is 5.32 Å². The lowest BCUT2D eigenvalue weighted by atomic mass is 9.76. The molecule has 4 nitrogen and oxygen atoms in total. The highest BCUT2D eigenvalue weighted by atomic mass is 16.2. The second-order valence-corrected chi connectivity index (χ2v) is 5.81. The maximum Gasteiger partial charge on any atom is 0.260 e. The monoisotopic (exact) mass is 272 g/mol. The van der Waals surface area contributed by atoms with E-state index in [4.69, 9.17) is 0 Å². The Labute approximate surface area is 119 Å². The van der Waals surface area contributed by atoms with Crippen molar-refractivity contribution in [3.05, 3.63) is 34.9 Å². The summed E-state index contributed by atoms with van der Waals surface area (Å²) in [5.41, 5.74) is 2.70. The van der Waals surface area contributed by atoms with Crippen LogP contribution in [0.2, 0.25) is 0 Å². The molecule has 1 aliphatic heterocycles. The molecule has 1 aliphatic carbocycles. The van der Waals surface area contributed by atoms with Crippen LogP contribution in [0, 0.1) is 5.92 Å². The van der Waals surface area contributed by atoms with Crippen LogP contribution in [-0.4, -0.2) is 30.8 Å². The van der Waals surface area contributed by atoms with Crippen molar-refractivity contribution in [2.24, 2.45) is 5.92 Å². The van der Waals surface area contributed by atoms with E-state index in [1.165, 1.54) is 24.2 Å². The highest BCUT2D eigenvalue weighted by Crippen LogP contribution is 2.38. The summed E-state index contributed by atoms with van der Waals surface area (Å²) >= 11 is 0. The Kier molecular flexibility index (Phi) is 3.34. The molecule has 106 valence electrons. The van der Waals surface area contributed by atoms with E-state index in [1.54, 1.807) is 7.05 Å². The fraction of sp³-hybridized carbons (Fsp3) is 0.500. The van der Waals surface area contributed by atoms with Gasteiger partial charge in [-0.3, -0.25) is 14.5 Å². The van der Waals surface area contributed by atoms with Crippen LogP contribution in [0.1, 0.15) is 46.8 Å². The van der Waals surface area contributed by atoms with E-state index in [9.17, 15) is 9.59 Å². The molecule has 0 saturated heterocycles. The molecular weight excluding hydrogens is 252 g/mol. The van der Waals surface area contributed by atoms with Gasteiger partial charge in [-0.05, 0) is 43.0 Å². The predicted octanol–water partition coefficient (Wildman–Crippen LogP) is 1.90. The van der Waals surface area contributed by atoms with Gasteiger partial charge < -0.3 is 5.32 Å². The number of hydrogen-bond donors (Lipinski definition) is 1. The van der Waals surface area contributed by atoms with Gasteiger partial charge in [0.15, 0.2) is 0 Å². The lowest BCUT2D eigenvalue weighted by Gasteiger charge is -2.34. The highest BCUT2D eigenvalue weighted by molar-refractivity contribution is 6.09. The molecule has 0 spiro atoms. The summed E-state index contributed by atoms with van der Waals surface area (Å²) in [5, 5.41) is 3.37. The van der Waals surface area contributed by atoms with E-state index in [2.05, 4.69) is 11.4 Å². The number of carbonyl (C=O) groups is 2. The Morgan fingerprint density at radius 3 is 2.65 bits per heavy atom. The molecule has 0 radical (unpaired) electrons. The molecule has 1 atom stereocenters. The zero-order chi connectivity index (χ0) is 14.3. The molecule has 1 heterocycles. The first-order valence-electron chi connectivity index (χ1n) is 7.22. The zero-order valence-corrected chi connectivity index (χ0v) is 12.0. The molecule has 0 aromatic heterocycles. The van der Waals surface area contributed by atoms with Gasteiger partial charge >= 0.3 is 0 Å². The van der Waals surface area contributed by atoms with Crippen molar-refractivity contribution in [2.45, 2.75) is 31.7 Å². The van der Waals surface area contributed by atoms with Crippen molar-refractivity contribution in [3.63, 3.8) is 0 Å². The normalized spacial score (nSPS) is 20.6. The van der Waals surface area contributed by atoms with Crippen molar-refractivity contribution >= 4 is 11.8 Å². The van der Waals surface area contributed by atoms with Crippen LogP contribution in [0.3, 0.4) is 0 Å². The van der Waals surface area contributed by atoms with Gasteiger partial charge in [0.1, 0.15) is 0 Å². The minimum absolute atomic E-state index is 0.126. The lowest BCUT2D eigenvalue weighted by molar-refractivity contribution is -0.127. The van der Waals surface area contributed by atoms with E-state index >= 15 is 0 Å². The minimum Gasteiger partial charge on any atom is -0.313 e. The quantitative estimate of drug-likeness (QED) is 0.855. The summed E-state index contributed by atoms with van der Waals surface area (Å²) in [6.45, 7) is 0. The molecule has 1 saturated carbocycles. The molecule has 20 heavy (non-hydrogen) atoms. The van der Waals surface area contributed by atoms with Gasteiger partial charge in [0, 0.05) is 18.7 Å². The molecule has 1 aromatic carbocycles. The van der Waals surface area contributed by atoms with Crippen LogP contribution in [0.5, 0.6) is 0 Å². The van der Waals surface area contributed by atoms with Gasteiger partial charge in [0.05, 0.1) is 6.42 Å². The molecule has 1 aromatic rings. The summed E-state index contributed by atoms with van der Waals surface area (Å²) in [7, 11) is 3.53. The molecule has 1 fully saturated rings. The fourth-order valence-electron chi connectivity index (χ4n) is 3.16. The van der Waals surface area contributed by atoms with Gasteiger partial charge in [-0.25, -0.2) is 0 Å². The average Bonchev–Trinajstić information content (AvgIpc) is 2.40. The van der Waals surface area contributed by atoms with Gasteiger partial charge in [0.25, 0.3) is 5.91 Å². The number of carbonyl (C=O) groups excluding carboxylic acids is 2. The number of fused-ring (bicyclic) bond motifs is 1. The summed E-state index contributed by atoms with van der Waals surface area (Å²) in [6, 6.07) is 6.28. The lowest BCUT2D eigenvalue weighted by Crippen LogP contribution is -2.39. The Morgan fingerprint density at radius 2 is 2.05 bits per heavy atom. The summed E-state index contributed by atoms with van der Waals surface area (Å²) in [5.74, 6) is 0.358. The number of amides is 2. The Bertz CT molecular complexity index is 564. The molecular formula is C16H20N2O2. The first-order valence-corrected chi connectivity index (χ1v) is 7.22. The Hall–Kier alpha value is -1.68. The fourth-order valence-corrected chi connectivity index (χ4v) is 3.16. The Morgan fingerprint density at radius 1 is 1.30 bits per heavy atom. The highest BCUT2D eigenvalue weighted by Gasteiger charge is 2.31. The van der Waals surface area contributed by atoms with Crippen LogP contribution >= 0.6 is 0 Å². The molecule has 0 bridgehead atoms. The topological polar surface area (TPSA) is 49.4 Å². The van der Waals surface area contributed by atoms with Gasteiger partial charge in [-0.15, -0.1) is 0 Å². The summed E-state index contributed by atoms with van der Waals surface area (Å²) in [4.78, 5) is 25.2. The number of likely N-dealkylation sites (N-methyl/N-ethyl adjacent to an activating group) is 1. The van der Waals surface area contributed by atoms with Crippen molar-refractivity contribution in [1.82, 2.24) is 10.2 Å². The number of benzene rings is 1. The van der Waals surface area contributed by atoms with Crippen LogP contribution in [-0.2, 0) is 11.2 Å². The van der Waals surface area contributed by atoms with E-state index in [0.717, 1.165) is 11.1 Å². The van der Waals surface area contributed by atoms with Crippen molar-refractivity contribution in [2.75, 3.05) is 14.1 Å². The number of rotatable bonds is 3. The third-order valence-corrected chi connectivity index (χ3v) is 4.68. The Balaban J connectivity index is 1.96.